The molecule has 5 N–H and O–H groups in total. The van der Waals surface area contributed by atoms with Crippen LogP contribution in [0.2, 0.25) is 0 Å². The quantitative estimate of drug-likeness (QED) is 0.0463. The van der Waals surface area contributed by atoms with Gasteiger partial charge in [0.05, 0.1) is 33.2 Å². The van der Waals surface area contributed by atoms with Crippen LogP contribution >= 0.6 is 0 Å². The van der Waals surface area contributed by atoms with Crippen LogP contribution in [0.5, 0.6) is 46.0 Å². The van der Waals surface area contributed by atoms with Crippen molar-refractivity contribution in [3.05, 3.63) is 167 Å². The average Bonchev–Trinajstić information content (AvgIpc) is 3.92. The second-order valence-corrected chi connectivity index (χ2v) is 16.2. The molecular formula is C55H56N2O10. The van der Waals surface area contributed by atoms with Gasteiger partial charge in [0.1, 0.15) is 46.0 Å². The van der Waals surface area contributed by atoms with Gasteiger partial charge < -0.3 is 49.0 Å². The van der Waals surface area contributed by atoms with Gasteiger partial charge in [-0.2, -0.15) is 0 Å². The van der Waals surface area contributed by atoms with E-state index in [1.165, 1.54) is 7.11 Å². The molecule has 0 fully saturated rings. The van der Waals surface area contributed by atoms with Crippen LogP contribution < -0.4 is 18.9 Å². The van der Waals surface area contributed by atoms with E-state index in [9.17, 15) is 19.8 Å². The number of carbonyl (C=O) groups excluding carboxylic acids is 1. The van der Waals surface area contributed by atoms with Gasteiger partial charge in [-0.15, -0.1) is 0 Å². The highest BCUT2D eigenvalue weighted by atomic mass is 16.5. The minimum Gasteiger partial charge on any atom is -0.508 e. The van der Waals surface area contributed by atoms with Crippen molar-refractivity contribution in [1.82, 2.24) is 9.97 Å². The molecule has 12 nitrogen and oxygen atoms in total. The number of esters is 1. The smallest absolute Gasteiger partial charge is 0.309 e. The van der Waals surface area contributed by atoms with Crippen LogP contribution in [0.15, 0.2) is 133 Å². The number of carbonyl (C=O) groups is 2. The number of aliphatic carboxylic acids is 1. The van der Waals surface area contributed by atoms with Crippen molar-refractivity contribution < 1.29 is 48.6 Å². The molecule has 0 spiro atoms. The summed E-state index contributed by atoms with van der Waals surface area (Å²) in [5.74, 6) is 3.83. The number of rotatable bonds is 20. The number of methoxy groups -OCH3 is 1. The Balaban J connectivity index is 0.000000199. The zero-order chi connectivity index (χ0) is 47.1. The van der Waals surface area contributed by atoms with Crippen LogP contribution in [-0.4, -0.2) is 57.5 Å². The molecule has 0 aliphatic heterocycles. The summed E-state index contributed by atoms with van der Waals surface area (Å²) in [6.07, 6.45) is 5.47. The number of aromatic amines is 2. The molecule has 0 aliphatic carbocycles. The molecule has 346 valence electrons. The van der Waals surface area contributed by atoms with Gasteiger partial charge >= 0.3 is 11.9 Å². The van der Waals surface area contributed by atoms with Crippen LogP contribution in [0.3, 0.4) is 0 Å². The summed E-state index contributed by atoms with van der Waals surface area (Å²) in [4.78, 5) is 29.3. The predicted octanol–water partition coefficient (Wildman–Crippen LogP) is 11.8. The molecule has 8 rings (SSSR count). The first-order valence-electron chi connectivity index (χ1n) is 22.5. The zero-order valence-corrected chi connectivity index (χ0v) is 38.0. The van der Waals surface area contributed by atoms with E-state index in [0.29, 0.717) is 31.1 Å². The van der Waals surface area contributed by atoms with Crippen molar-refractivity contribution in [2.45, 2.75) is 65.2 Å². The van der Waals surface area contributed by atoms with Gasteiger partial charge in [-0.1, -0.05) is 38.8 Å². The molecule has 0 aliphatic rings. The number of phenols is 2. The number of fused-ring (bicyclic) bond motifs is 2. The number of phenolic OH excluding ortho intramolecular Hbond substituents is 2. The third-order valence-electron chi connectivity index (χ3n) is 10.9. The fourth-order valence-electron chi connectivity index (χ4n) is 7.68. The lowest BCUT2D eigenvalue weighted by molar-refractivity contribution is -0.140. The van der Waals surface area contributed by atoms with Crippen molar-refractivity contribution in [3.8, 4) is 46.0 Å². The van der Waals surface area contributed by atoms with E-state index in [1.807, 2.05) is 78.9 Å². The van der Waals surface area contributed by atoms with Crippen molar-refractivity contribution >= 4 is 33.7 Å². The van der Waals surface area contributed by atoms with Crippen LogP contribution in [0.25, 0.3) is 21.8 Å². The molecule has 0 saturated carbocycles. The molecule has 2 heterocycles. The summed E-state index contributed by atoms with van der Waals surface area (Å²) >= 11 is 0. The largest absolute Gasteiger partial charge is 0.508 e. The molecule has 0 radical (unpaired) electrons. The first kappa shape index (κ1) is 47.1. The van der Waals surface area contributed by atoms with E-state index >= 15 is 0 Å². The Morgan fingerprint density at radius 3 is 1.36 bits per heavy atom. The van der Waals surface area contributed by atoms with Gasteiger partial charge in [0.15, 0.2) is 0 Å². The number of aryl methyl sites for hydroxylation is 2. The number of benzene rings is 6. The maximum atomic E-state index is 11.5. The van der Waals surface area contributed by atoms with E-state index < -0.39 is 5.97 Å². The normalized spacial score (nSPS) is 10.9. The van der Waals surface area contributed by atoms with Crippen molar-refractivity contribution in [2.24, 2.45) is 0 Å². The van der Waals surface area contributed by atoms with Crippen molar-refractivity contribution in [3.63, 3.8) is 0 Å². The van der Waals surface area contributed by atoms with E-state index in [0.717, 1.165) is 111 Å². The highest BCUT2D eigenvalue weighted by molar-refractivity contribution is 5.83. The Hall–Kier alpha value is -7.86. The third-order valence-corrected chi connectivity index (χ3v) is 10.9. The highest BCUT2D eigenvalue weighted by Gasteiger charge is 2.12. The van der Waals surface area contributed by atoms with Gasteiger partial charge in [-0.05, 0) is 167 Å². The Labute approximate surface area is 389 Å². The molecular weight excluding hydrogens is 849 g/mol. The predicted molar refractivity (Wildman–Crippen MR) is 259 cm³/mol. The Morgan fingerprint density at radius 1 is 0.507 bits per heavy atom. The fourth-order valence-corrected chi connectivity index (χ4v) is 7.68. The number of carboxylic acid groups (broad SMARTS) is 1. The first-order valence-corrected chi connectivity index (χ1v) is 22.5. The molecule has 12 heteroatoms. The monoisotopic (exact) mass is 904 g/mol. The Bertz CT molecular complexity index is 2900. The topological polar surface area (TPSA) is 173 Å². The average molecular weight is 905 g/mol. The maximum Gasteiger partial charge on any atom is 0.309 e. The molecule has 0 amide bonds. The second kappa shape index (κ2) is 22.9. The Kier molecular flexibility index (Phi) is 16.1. The molecule has 8 aromatic rings. The standard InChI is InChI=1S/C28H29NO5.C27H27NO5/c1-3-4-20-18-25(34-24-8-6-23(30)7-9-24)10-12-27(20)33-14-13-22-17-21-15-19(16-28(31)32-2)5-11-26(21)29-22;1-2-3-19-17-24(33-23-7-5-22(29)6-8-23)9-11-26(19)32-13-12-21-16-20-14-18(15-27(30)31)4-10-25(20)28-21/h5-12,15,17-18,29-30H,3-4,13-14,16H2,1-2H3;4-11,14,16-17,28-29H,2-3,12-13,15H2,1H3,(H,30,31). The summed E-state index contributed by atoms with van der Waals surface area (Å²) in [6, 6.07) is 40.7. The maximum absolute atomic E-state index is 11.5. The zero-order valence-electron chi connectivity index (χ0n) is 38.0. The van der Waals surface area contributed by atoms with Crippen LogP contribution in [0.4, 0.5) is 0 Å². The third kappa shape index (κ3) is 13.6. The van der Waals surface area contributed by atoms with Crippen LogP contribution in [-0.2, 0) is 52.9 Å². The van der Waals surface area contributed by atoms with E-state index in [1.54, 1.807) is 48.5 Å². The number of H-pyrrole nitrogens is 2. The SMILES string of the molecule is CCCc1cc(Oc2ccc(O)cc2)ccc1OCCc1cc2cc(CC(=O)O)ccc2[nH]1.CCCc1cc(Oc2ccc(O)cc2)ccc1OCCc1cc2cc(CC(=O)OC)ccc2[nH]1. The minimum absolute atomic E-state index is 0.0201. The van der Waals surface area contributed by atoms with Gasteiger partial charge in [-0.25, -0.2) is 0 Å². The molecule has 6 aromatic carbocycles. The first-order chi connectivity index (χ1) is 32.5. The molecule has 0 unspecified atom stereocenters. The fraction of sp³-hybridized carbons (Fsp3) is 0.236. The van der Waals surface area contributed by atoms with Gasteiger partial charge in [-0.3, -0.25) is 9.59 Å². The second-order valence-electron chi connectivity index (χ2n) is 16.2. The van der Waals surface area contributed by atoms with Gasteiger partial charge in [0.2, 0.25) is 0 Å². The summed E-state index contributed by atoms with van der Waals surface area (Å²) in [5, 5.41) is 29.9. The lowest BCUT2D eigenvalue weighted by Gasteiger charge is -2.13. The minimum atomic E-state index is -0.833. The molecule has 0 bridgehead atoms. The van der Waals surface area contributed by atoms with E-state index in [4.69, 9.17) is 28.8 Å². The van der Waals surface area contributed by atoms with Gasteiger partial charge in [0.25, 0.3) is 0 Å². The van der Waals surface area contributed by atoms with Crippen LogP contribution in [0, 0.1) is 0 Å². The molecule has 2 aromatic heterocycles. The number of carboxylic acids is 1. The van der Waals surface area contributed by atoms with E-state index in [2.05, 4.69) is 29.9 Å². The number of nitrogens with one attached hydrogen (secondary N) is 2. The van der Waals surface area contributed by atoms with Crippen molar-refractivity contribution in [1.29, 1.82) is 0 Å². The molecule has 0 saturated heterocycles. The highest BCUT2D eigenvalue weighted by Crippen LogP contribution is 2.32. The summed E-state index contributed by atoms with van der Waals surface area (Å²) in [6.45, 7) is 5.32. The van der Waals surface area contributed by atoms with Crippen LogP contribution in [0.1, 0.15) is 60.3 Å². The van der Waals surface area contributed by atoms with Gasteiger partial charge in [0, 0.05) is 35.3 Å². The summed E-state index contributed by atoms with van der Waals surface area (Å²) in [5.41, 5.74) is 8.05. The number of hydrogen-bond acceptors (Lipinski definition) is 9. The Morgan fingerprint density at radius 2 is 0.940 bits per heavy atom. The number of hydrogen-bond donors (Lipinski definition) is 5. The molecule has 0 atom stereocenters. The summed E-state index contributed by atoms with van der Waals surface area (Å²) in [7, 11) is 1.40. The number of aromatic nitrogens is 2. The number of aromatic hydroxyl groups is 2. The lowest BCUT2D eigenvalue weighted by Crippen LogP contribution is -2.04. The summed E-state index contributed by atoms with van der Waals surface area (Å²) < 4.78 is 28.8. The lowest BCUT2D eigenvalue weighted by atomic mass is 10.1. The molecule has 67 heavy (non-hydrogen) atoms. The van der Waals surface area contributed by atoms with Crippen molar-refractivity contribution in [2.75, 3.05) is 20.3 Å². The van der Waals surface area contributed by atoms with E-state index in [-0.39, 0.29) is 30.3 Å². The number of ether oxygens (including phenoxy) is 5.